The van der Waals surface area contributed by atoms with Crippen LogP contribution in [0, 0.1) is 6.92 Å². The van der Waals surface area contributed by atoms with Crippen LogP contribution in [-0.2, 0) is 26.2 Å². The molecule has 3 rings (SSSR count). The van der Waals surface area contributed by atoms with E-state index in [0.29, 0.717) is 36.8 Å². The van der Waals surface area contributed by atoms with Crippen molar-refractivity contribution in [3.63, 3.8) is 0 Å². The van der Waals surface area contributed by atoms with Crippen molar-refractivity contribution in [1.82, 2.24) is 10.2 Å². The second-order valence-corrected chi connectivity index (χ2v) is 11.6. The van der Waals surface area contributed by atoms with Crippen molar-refractivity contribution < 1.29 is 27.5 Å². The molecule has 0 fully saturated rings. The van der Waals surface area contributed by atoms with Gasteiger partial charge in [0.25, 0.3) is 0 Å². The van der Waals surface area contributed by atoms with Crippen molar-refractivity contribution in [2.24, 2.45) is 0 Å². The topological polar surface area (TPSA) is 105 Å². The number of sulfonamides is 1. The van der Waals surface area contributed by atoms with Crippen LogP contribution in [-0.4, -0.2) is 62.7 Å². The van der Waals surface area contributed by atoms with E-state index >= 15 is 0 Å². The first-order chi connectivity index (χ1) is 18.1. The van der Waals surface area contributed by atoms with Gasteiger partial charge in [-0.05, 0) is 56.9 Å². The summed E-state index contributed by atoms with van der Waals surface area (Å²) in [7, 11) is -3.84. The zero-order chi connectivity index (χ0) is 27.9. The summed E-state index contributed by atoms with van der Waals surface area (Å²) in [6, 6.07) is 11.7. The standard InChI is InChI=1S/C28H39N3O6S/c1-6-21(5)29-28(33)24(7-2)30(18-22-12-10-9-11-20(22)4)27(32)19-31(38(34,35)8-3)23-13-14-25-26(17-23)37-16-15-36-25/h9-14,17,21,24H,6-8,15-16,18-19H2,1-5H3,(H,29,33)/t21-,24-/m1/s1. The minimum Gasteiger partial charge on any atom is -0.486 e. The molecule has 1 aliphatic heterocycles. The highest BCUT2D eigenvalue weighted by molar-refractivity contribution is 7.92. The van der Waals surface area contributed by atoms with Gasteiger partial charge in [0.1, 0.15) is 25.8 Å². The zero-order valence-corrected chi connectivity index (χ0v) is 23.7. The van der Waals surface area contributed by atoms with Crippen LogP contribution in [0.4, 0.5) is 5.69 Å². The van der Waals surface area contributed by atoms with E-state index in [2.05, 4.69) is 5.32 Å². The lowest BCUT2D eigenvalue weighted by Gasteiger charge is -2.34. The summed E-state index contributed by atoms with van der Waals surface area (Å²) in [5, 5.41) is 2.98. The van der Waals surface area contributed by atoms with E-state index in [9.17, 15) is 18.0 Å². The Kier molecular flexibility index (Phi) is 10.0. The first kappa shape index (κ1) is 29.3. The van der Waals surface area contributed by atoms with Gasteiger partial charge in [-0.2, -0.15) is 0 Å². The largest absolute Gasteiger partial charge is 0.486 e. The summed E-state index contributed by atoms with van der Waals surface area (Å²) in [6.07, 6.45) is 1.13. The third kappa shape index (κ3) is 6.98. The summed E-state index contributed by atoms with van der Waals surface area (Å²) in [4.78, 5) is 28.7. The van der Waals surface area contributed by atoms with Crippen LogP contribution in [0.15, 0.2) is 42.5 Å². The van der Waals surface area contributed by atoms with Crippen LogP contribution in [0.1, 0.15) is 51.7 Å². The number of nitrogens with one attached hydrogen (secondary N) is 1. The first-order valence-electron chi connectivity index (χ1n) is 13.2. The fraction of sp³-hybridized carbons (Fsp3) is 0.500. The van der Waals surface area contributed by atoms with E-state index < -0.39 is 28.5 Å². The fourth-order valence-electron chi connectivity index (χ4n) is 4.24. The number of hydrogen-bond donors (Lipinski definition) is 1. The molecule has 2 atom stereocenters. The normalized spacial score (nSPS) is 14.3. The molecule has 2 amide bonds. The molecule has 0 aromatic heterocycles. The number of fused-ring (bicyclic) bond motifs is 1. The van der Waals surface area contributed by atoms with E-state index in [0.717, 1.165) is 21.9 Å². The number of rotatable bonds is 12. The number of ether oxygens (including phenoxy) is 2. The lowest BCUT2D eigenvalue weighted by molar-refractivity contribution is -0.140. The van der Waals surface area contributed by atoms with Crippen LogP contribution in [0.25, 0.3) is 0 Å². The number of benzene rings is 2. The van der Waals surface area contributed by atoms with E-state index in [1.165, 1.54) is 11.8 Å². The Morgan fingerprint density at radius 2 is 1.68 bits per heavy atom. The smallest absolute Gasteiger partial charge is 0.244 e. The third-order valence-corrected chi connectivity index (χ3v) is 8.52. The maximum atomic E-state index is 13.9. The van der Waals surface area contributed by atoms with Crippen molar-refractivity contribution in [3.8, 4) is 11.5 Å². The monoisotopic (exact) mass is 545 g/mol. The molecule has 1 N–H and O–H groups in total. The Balaban J connectivity index is 1.99. The average molecular weight is 546 g/mol. The highest BCUT2D eigenvalue weighted by Gasteiger charge is 2.33. The van der Waals surface area contributed by atoms with Crippen molar-refractivity contribution in [2.75, 3.05) is 29.8 Å². The van der Waals surface area contributed by atoms with Crippen LogP contribution in [0.5, 0.6) is 11.5 Å². The predicted octanol–water partition coefficient (Wildman–Crippen LogP) is 3.64. The third-order valence-electron chi connectivity index (χ3n) is 6.78. The summed E-state index contributed by atoms with van der Waals surface area (Å²) >= 11 is 0. The molecule has 2 aromatic carbocycles. The Morgan fingerprint density at radius 1 is 1.00 bits per heavy atom. The lowest BCUT2D eigenvalue weighted by Crippen LogP contribution is -2.53. The number of hydrogen-bond acceptors (Lipinski definition) is 6. The van der Waals surface area contributed by atoms with Gasteiger partial charge in [-0.25, -0.2) is 8.42 Å². The van der Waals surface area contributed by atoms with E-state index in [1.54, 1.807) is 18.2 Å². The summed E-state index contributed by atoms with van der Waals surface area (Å²) in [5.41, 5.74) is 2.17. The van der Waals surface area contributed by atoms with Gasteiger partial charge in [0.2, 0.25) is 21.8 Å². The highest BCUT2D eigenvalue weighted by Crippen LogP contribution is 2.35. The number of anilines is 1. The molecule has 0 saturated heterocycles. The van der Waals surface area contributed by atoms with Gasteiger partial charge in [-0.15, -0.1) is 0 Å². The van der Waals surface area contributed by atoms with Gasteiger partial charge in [0.05, 0.1) is 11.4 Å². The van der Waals surface area contributed by atoms with Crippen molar-refractivity contribution in [1.29, 1.82) is 0 Å². The summed E-state index contributed by atoms with van der Waals surface area (Å²) in [6.45, 7) is 9.70. The number of carbonyl (C=O) groups is 2. The van der Waals surface area contributed by atoms with Crippen LogP contribution in [0.3, 0.4) is 0 Å². The maximum Gasteiger partial charge on any atom is 0.244 e. The van der Waals surface area contributed by atoms with Gasteiger partial charge >= 0.3 is 0 Å². The number of amides is 2. The highest BCUT2D eigenvalue weighted by atomic mass is 32.2. The quantitative estimate of drug-likeness (QED) is 0.437. The van der Waals surface area contributed by atoms with Crippen LogP contribution >= 0.6 is 0 Å². The molecule has 0 saturated carbocycles. The average Bonchev–Trinajstić information content (AvgIpc) is 2.92. The van der Waals surface area contributed by atoms with Crippen molar-refractivity contribution >= 4 is 27.5 Å². The molecule has 0 unspecified atom stereocenters. The molecule has 0 spiro atoms. The minimum absolute atomic E-state index is 0.0540. The SMILES string of the molecule is CC[C@@H](C)NC(=O)[C@@H](CC)N(Cc1ccccc1C)C(=O)CN(c1ccc2c(c1)OCCO2)S(=O)(=O)CC. The Labute approximate surface area is 226 Å². The van der Waals surface area contributed by atoms with E-state index in [-0.39, 0.29) is 24.2 Å². The Morgan fingerprint density at radius 3 is 2.32 bits per heavy atom. The second-order valence-electron chi connectivity index (χ2n) is 9.43. The molecule has 0 radical (unpaired) electrons. The van der Waals surface area contributed by atoms with Crippen LogP contribution < -0.4 is 19.1 Å². The second kappa shape index (κ2) is 13.0. The molecule has 2 aromatic rings. The van der Waals surface area contributed by atoms with Crippen LogP contribution in [0.2, 0.25) is 0 Å². The maximum absolute atomic E-state index is 13.9. The molecule has 0 bridgehead atoms. The van der Waals surface area contributed by atoms with Gasteiger partial charge in [-0.3, -0.25) is 13.9 Å². The minimum atomic E-state index is -3.84. The Bertz CT molecular complexity index is 1230. The number of carbonyl (C=O) groups excluding carboxylic acids is 2. The molecule has 38 heavy (non-hydrogen) atoms. The molecule has 1 aliphatic rings. The molecule has 10 heteroatoms. The molecule has 208 valence electrons. The molecule has 0 aliphatic carbocycles. The summed E-state index contributed by atoms with van der Waals surface area (Å²) in [5.74, 6) is 0.0279. The zero-order valence-electron chi connectivity index (χ0n) is 22.9. The lowest BCUT2D eigenvalue weighted by atomic mass is 10.1. The molecular weight excluding hydrogens is 506 g/mol. The van der Waals surface area contributed by atoms with Crippen molar-refractivity contribution in [3.05, 3.63) is 53.6 Å². The summed E-state index contributed by atoms with van der Waals surface area (Å²) < 4.78 is 38.7. The van der Waals surface area contributed by atoms with Gasteiger partial charge in [0, 0.05) is 18.7 Å². The Hall–Kier alpha value is -3.27. The fourth-order valence-corrected chi connectivity index (χ4v) is 5.29. The van der Waals surface area contributed by atoms with E-state index in [1.807, 2.05) is 52.0 Å². The van der Waals surface area contributed by atoms with E-state index in [4.69, 9.17) is 9.47 Å². The first-order valence-corrected chi connectivity index (χ1v) is 14.8. The van der Waals surface area contributed by atoms with Gasteiger partial charge < -0.3 is 19.7 Å². The number of aryl methyl sites for hydroxylation is 1. The van der Waals surface area contributed by atoms with Crippen molar-refractivity contribution in [2.45, 2.75) is 66.1 Å². The van der Waals surface area contributed by atoms with Gasteiger partial charge in [-0.1, -0.05) is 38.1 Å². The molecular formula is C28H39N3O6S. The van der Waals surface area contributed by atoms with Gasteiger partial charge in [0.15, 0.2) is 11.5 Å². The molecule has 9 nitrogen and oxygen atoms in total. The molecule has 1 heterocycles. The predicted molar refractivity (Wildman–Crippen MR) is 148 cm³/mol. The number of nitrogens with zero attached hydrogens (tertiary/aromatic N) is 2.